The summed E-state index contributed by atoms with van der Waals surface area (Å²) >= 11 is 5.82. The molecule has 1 rings (SSSR count). The van der Waals surface area contributed by atoms with Crippen LogP contribution < -0.4 is 5.56 Å². The molecule has 0 N–H and O–H groups in total. The Bertz CT molecular complexity index is 451. The number of carbonyl (C=O) groups excluding carboxylic acids is 1. The highest BCUT2D eigenvalue weighted by atomic mass is 35.5. The fourth-order valence-electron chi connectivity index (χ4n) is 1.77. The zero-order valence-corrected chi connectivity index (χ0v) is 11.6. The maximum Gasteiger partial charge on any atom is 0.251 e. The predicted octanol–water partition coefficient (Wildman–Crippen LogP) is 2.15. The van der Waals surface area contributed by atoms with Gasteiger partial charge < -0.3 is 9.47 Å². The Balaban J connectivity index is 2.78. The van der Waals surface area contributed by atoms with E-state index in [4.69, 9.17) is 11.6 Å². The fraction of sp³-hybridized carbons (Fsp3) is 0.538. The second kappa shape index (κ2) is 7.21. The van der Waals surface area contributed by atoms with Crippen molar-refractivity contribution in [2.45, 2.75) is 33.2 Å². The molecule has 100 valence electrons. The summed E-state index contributed by atoms with van der Waals surface area (Å²) in [6, 6.07) is 2.90. The molecule has 0 aliphatic heterocycles. The molecule has 0 aromatic carbocycles. The van der Waals surface area contributed by atoms with Crippen LogP contribution in [0.1, 0.15) is 26.7 Å². The lowest BCUT2D eigenvalue weighted by Crippen LogP contribution is -2.37. The van der Waals surface area contributed by atoms with E-state index in [1.807, 2.05) is 13.8 Å². The van der Waals surface area contributed by atoms with Crippen LogP contribution in [0.25, 0.3) is 0 Å². The Morgan fingerprint density at radius 3 is 2.44 bits per heavy atom. The SMILES string of the molecule is CCCN(CCC)C(=O)Cn1cc(Cl)ccc1=O. The molecule has 1 heterocycles. The number of hydrogen-bond donors (Lipinski definition) is 0. The van der Waals surface area contributed by atoms with Crippen LogP contribution >= 0.6 is 11.6 Å². The van der Waals surface area contributed by atoms with Crippen molar-refractivity contribution in [3.8, 4) is 0 Å². The number of rotatable bonds is 6. The van der Waals surface area contributed by atoms with Gasteiger partial charge in [0.1, 0.15) is 6.54 Å². The van der Waals surface area contributed by atoms with Gasteiger partial charge >= 0.3 is 0 Å². The molecule has 0 fully saturated rings. The zero-order chi connectivity index (χ0) is 13.5. The molecule has 0 atom stereocenters. The second-order valence-corrected chi connectivity index (χ2v) is 4.63. The number of hydrogen-bond acceptors (Lipinski definition) is 2. The first-order valence-electron chi connectivity index (χ1n) is 6.22. The highest BCUT2D eigenvalue weighted by Gasteiger charge is 2.12. The number of nitrogens with zero attached hydrogens (tertiary/aromatic N) is 2. The molecule has 5 heteroatoms. The molecule has 0 saturated carbocycles. The summed E-state index contributed by atoms with van der Waals surface area (Å²) in [4.78, 5) is 25.4. The van der Waals surface area contributed by atoms with Crippen LogP contribution in [0.5, 0.6) is 0 Å². The molecular formula is C13H19ClN2O2. The predicted molar refractivity (Wildman–Crippen MR) is 72.9 cm³/mol. The van der Waals surface area contributed by atoms with Gasteiger partial charge in [0.05, 0.1) is 5.02 Å². The minimum atomic E-state index is -0.208. The van der Waals surface area contributed by atoms with E-state index in [0.29, 0.717) is 5.02 Å². The monoisotopic (exact) mass is 270 g/mol. The first-order chi connectivity index (χ1) is 8.58. The van der Waals surface area contributed by atoms with Gasteiger partial charge in [-0.15, -0.1) is 0 Å². The third-order valence-corrected chi connectivity index (χ3v) is 2.82. The molecule has 0 bridgehead atoms. The summed E-state index contributed by atoms with van der Waals surface area (Å²) < 4.78 is 1.35. The highest BCUT2D eigenvalue weighted by Crippen LogP contribution is 2.04. The second-order valence-electron chi connectivity index (χ2n) is 4.19. The van der Waals surface area contributed by atoms with E-state index in [1.54, 1.807) is 4.90 Å². The summed E-state index contributed by atoms with van der Waals surface area (Å²) in [5.74, 6) is -0.0388. The highest BCUT2D eigenvalue weighted by molar-refractivity contribution is 6.30. The van der Waals surface area contributed by atoms with Gasteiger partial charge in [-0.05, 0) is 18.9 Å². The fourth-order valence-corrected chi connectivity index (χ4v) is 1.95. The molecule has 18 heavy (non-hydrogen) atoms. The van der Waals surface area contributed by atoms with Crippen LogP contribution in [0, 0.1) is 0 Å². The van der Waals surface area contributed by atoms with Crippen LogP contribution in [0.2, 0.25) is 5.02 Å². The molecule has 0 unspecified atom stereocenters. The van der Waals surface area contributed by atoms with Gasteiger partial charge in [0, 0.05) is 25.4 Å². The van der Waals surface area contributed by atoms with Crippen molar-refractivity contribution >= 4 is 17.5 Å². The third-order valence-electron chi connectivity index (χ3n) is 2.59. The van der Waals surface area contributed by atoms with Gasteiger partial charge in [-0.25, -0.2) is 0 Å². The molecule has 0 aliphatic carbocycles. The quantitative estimate of drug-likeness (QED) is 0.795. The molecular weight excluding hydrogens is 252 g/mol. The van der Waals surface area contributed by atoms with Crippen molar-refractivity contribution < 1.29 is 4.79 Å². The Labute approximate surface area is 112 Å². The van der Waals surface area contributed by atoms with Crippen LogP contribution in [0.3, 0.4) is 0 Å². The van der Waals surface area contributed by atoms with Crippen molar-refractivity contribution in [3.63, 3.8) is 0 Å². The summed E-state index contributed by atoms with van der Waals surface area (Å²) in [6.07, 6.45) is 3.32. The zero-order valence-electron chi connectivity index (χ0n) is 10.9. The number of carbonyl (C=O) groups is 1. The molecule has 1 aromatic rings. The minimum Gasteiger partial charge on any atom is -0.341 e. The molecule has 0 aliphatic rings. The number of pyridine rings is 1. The van der Waals surface area contributed by atoms with Crippen LogP contribution in [-0.4, -0.2) is 28.5 Å². The Hall–Kier alpha value is -1.29. The van der Waals surface area contributed by atoms with E-state index in [2.05, 4.69) is 0 Å². The van der Waals surface area contributed by atoms with Gasteiger partial charge in [-0.3, -0.25) is 9.59 Å². The number of amides is 1. The average Bonchev–Trinajstić information content (AvgIpc) is 2.33. The Morgan fingerprint density at radius 2 is 1.89 bits per heavy atom. The molecule has 0 radical (unpaired) electrons. The Kier molecular flexibility index (Phi) is 5.92. The summed E-state index contributed by atoms with van der Waals surface area (Å²) in [6.45, 7) is 5.56. The third kappa shape index (κ3) is 4.18. The van der Waals surface area contributed by atoms with Crippen LogP contribution in [0.15, 0.2) is 23.1 Å². The van der Waals surface area contributed by atoms with Crippen molar-refractivity contribution in [2.24, 2.45) is 0 Å². The number of aromatic nitrogens is 1. The van der Waals surface area contributed by atoms with Gasteiger partial charge in [-0.2, -0.15) is 0 Å². The molecule has 1 amide bonds. The van der Waals surface area contributed by atoms with E-state index >= 15 is 0 Å². The van der Waals surface area contributed by atoms with Gasteiger partial charge in [0.2, 0.25) is 5.91 Å². The summed E-state index contributed by atoms with van der Waals surface area (Å²) in [5, 5.41) is 0.458. The lowest BCUT2D eigenvalue weighted by molar-refractivity contribution is -0.132. The van der Waals surface area contributed by atoms with Crippen molar-refractivity contribution in [1.82, 2.24) is 9.47 Å². The van der Waals surface area contributed by atoms with Gasteiger partial charge in [0.15, 0.2) is 0 Å². The Morgan fingerprint density at radius 1 is 1.28 bits per heavy atom. The van der Waals surface area contributed by atoms with Crippen molar-refractivity contribution in [3.05, 3.63) is 33.7 Å². The van der Waals surface area contributed by atoms with Crippen molar-refractivity contribution in [2.75, 3.05) is 13.1 Å². The minimum absolute atomic E-state index is 0.0388. The lowest BCUT2D eigenvalue weighted by atomic mass is 10.3. The number of halogens is 1. The smallest absolute Gasteiger partial charge is 0.251 e. The maximum atomic E-state index is 12.1. The van der Waals surface area contributed by atoms with Crippen molar-refractivity contribution in [1.29, 1.82) is 0 Å². The summed E-state index contributed by atoms with van der Waals surface area (Å²) in [7, 11) is 0. The topological polar surface area (TPSA) is 42.3 Å². The molecule has 0 spiro atoms. The van der Waals surface area contributed by atoms with E-state index in [0.717, 1.165) is 25.9 Å². The molecule has 1 aromatic heterocycles. The lowest BCUT2D eigenvalue weighted by Gasteiger charge is -2.21. The van der Waals surface area contributed by atoms with Crippen LogP contribution in [0.4, 0.5) is 0 Å². The average molecular weight is 271 g/mol. The van der Waals surface area contributed by atoms with Crippen LogP contribution in [-0.2, 0) is 11.3 Å². The standard InChI is InChI=1S/C13H19ClN2O2/c1-3-7-15(8-4-2)13(18)10-16-9-11(14)5-6-12(16)17/h5-6,9H,3-4,7-8,10H2,1-2H3. The molecule has 4 nitrogen and oxygen atoms in total. The summed E-state index contributed by atoms with van der Waals surface area (Å²) in [5.41, 5.74) is -0.208. The van der Waals surface area contributed by atoms with E-state index < -0.39 is 0 Å². The van der Waals surface area contributed by atoms with Gasteiger partial charge in [0.25, 0.3) is 5.56 Å². The largest absolute Gasteiger partial charge is 0.341 e. The first-order valence-corrected chi connectivity index (χ1v) is 6.60. The first kappa shape index (κ1) is 14.8. The normalized spacial score (nSPS) is 10.4. The van der Waals surface area contributed by atoms with Gasteiger partial charge in [-0.1, -0.05) is 25.4 Å². The van der Waals surface area contributed by atoms with E-state index in [9.17, 15) is 9.59 Å². The van der Waals surface area contributed by atoms with E-state index in [-0.39, 0.29) is 18.0 Å². The van der Waals surface area contributed by atoms with E-state index in [1.165, 1.54) is 22.9 Å². The maximum absolute atomic E-state index is 12.1. The molecule has 0 saturated heterocycles.